The minimum Gasteiger partial charge on any atom is -0.345 e. The van der Waals surface area contributed by atoms with E-state index in [0.29, 0.717) is 16.8 Å². The fraction of sp³-hybridized carbons (Fsp3) is 0.208. The summed E-state index contributed by atoms with van der Waals surface area (Å²) in [5.41, 5.74) is 2.55. The van der Waals surface area contributed by atoms with Crippen molar-refractivity contribution in [1.29, 1.82) is 0 Å². The van der Waals surface area contributed by atoms with Gasteiger partial charge >= 0.3 is 0 Å². The van der Waals surface area contributed by atoms with Gasteiger partial charge in [-0.1, -0.05) is 49.4 Å². The van der Waals surface area contributed by atoms with Crippen LogP contribution in [0.5, 0.6) is 0 Å². The monoisotopic (exact) mass is 440 g/mol. The van der Waals surface area contributed by atoms with Crippen molar-refractivity contribution in [1.82, 2.24) is 5.32 Å². The molecule has 5 nitrogen and oxygen atoms in total. The van der Waals surface area contributed by atoms with Crippen LogP contribution in [0.3, 0.4) is 0 Å². The van der Waals surface area contributed by atoms with Crippen molar-refractivity contribution in [2.45, 2.75) is 25.9 Å². The predicted octanol–water partition coefficient (Wildman–Crippen LogP) is 4.67. The summed E-state index contributed by atoms with van der Waals surface area (Å²) in [7, 11) is -3.58. The first kappa shape index (κ1) is 22.5. The Balaban J connectivity index is 1.77. The van der Waals surface area contributed by atoms with Crippen LogP contribution in [0.2, 0.25) is 0 Å². The van der Waals surface area contributed by atoms with Gasteiger partial charge in [-0.3, -0.25) is 9.10 Å². The molecule has 0 saturated carbocycles. The van der Waals surface area contributed by atoms with E-state index in [2.05, 4.69) is 5.32 Å². The van der Waals surface area contributed by atoms with Crippen LogP contribution in [0.4, 0.5) is 10.1 Å². The number of amides is 1. The molecule has 1 N–H and O–H groups in total. The van der Waals surface area contributed by atoms with Crippen molar-refractivity contribution in [2.75, 3.05) is 10.6 Å². The third-order valence-corrected chi connectivity index (χ3v) is 6.11. The average Bonchev–Trinajstić information content (AvgIpc) is 2.77. The molecule has 162 valence electrons. The summed E-state index contributed by atoms with van der Waals surface area (Å²) >= 11 is 0. The molecule has 0 aliphatic heterocycles. The van der Waals surface area contributed by atoms with E-state index in [4.69, 9.17) is 0 Å². The number of anilines is 1. The summed E-state index contributed by atoms with van der Waals surface area (Å²) in [4.78, 5) is 12.7. The van der Waals surface area contributed by atoms with E-state index in [-0.39, 0.29) is 24.3 Å². The maximum atomic E-state index is 13.2. The molecule has 1 atom stereocenters. The lowest BCUT2D eigenvalue weighted by Gasteiger charge is -2.23. The van der Waals surface area contributed by atoms with Crippen LogP contribution in [0.15, 0.2) is 78.9 Å². The second-order valence-corrected chi connectivity index (χ2v) is 9.19. The molecule has 0 heterocycles. The quantitative estimate of drug-likeness (QED) is 0.553. The highest BCUT2D eigenvalue weighted by Crippen LogP contribution is 2.22. The molecule has 0 fully saturated rings. The molecule has 7 heteroatoms. The highest BCUT2D eigenvalue weighted by Gasteiger charge is 2.19. The Kier molecular flexibility index (Phi) is 7.07. The number of carbonyl (C=O) groups excluding carboxylic acids is 1. The smallest absolute Gasteiger partial charge is 0.251 e. The second kappa shape index (κ2) is 9.75. The minimum atomic E-state index is -3.58. The first-order valence-electron chi connectivity index (χ1n) is 9.96. The van der Waals surface area contributed by atoms with E-state index < -0.39 is 10.0 Å². The number of rotatable bonds is 8. The normalized spacial score (nSPS) is 12.2. The van der Waals surface area contributed by atoms with Gasteiger partial charge in [-0.15, -0.1) is 0 Å². The van der Waals surface area contributed by atoms with Gasteiger partial charge < -0.3 is 5.32 Å². The lowest BCUT2D eigenvalue weighted by Crippen LogP contribution is -2.30. The molecule has 0 aromatic heterocycles. The van der Waals surface area contributed by atoms with Gasteiger partial charge in [-0.2, -0.15) is 0 Å². The van der Waals surface area contributed by atoms with Crippen LogP contribution in [0.1, 0.15) is 40.9 Å². The van der Waals surface area contributed by atoms with Crippen molar-refractivity contribution in [2.24, 2.45) is 0 Å². The van der Waals surface area contributed by atoms with Crippen molar-refractivity contribution in [3.8, 4) is 0 Å². The summed E-state index contributed by atoms with van der Waals surface area (Å²) in [5, 5.41) is 3.02. The number of hydrogen-bond acceptors (Lipinski definition) is 3. The average molecular weight is 441 g/mol. The van der Waals surface area contributed by atoms with Gasteiger partial charge in [0.1, 0.15) is 5.82 Å². The van der Waals surface area contributed by atoms with E-state index in [1.807, 2.05) is 37.3 Å². The Hall–Kier alpha value is -3.19. The molecule has 0 aliphatic carbocycles. The van der Waals surface area contributed by atoms with E-state index in [9.17, 15) is 17.6 Å². The Morgan fingerprint density at radius 1 is 0.968 bits per heavy atom. The zero-order chi connectivity index (χ0) is 22.4. The van der Waals surface area contributed by atoms with Crippen LogP contribution in [-0.4, -0.2) is 20.6 Å². The number of sulfonamides is 1. The zero-order valence-electron chi connectivity index (χ0n) is 17.5. The number of nitrogens with zero attached hydrogens (tertiary/aromatic N) is 1. The maximum Gasteiger partial charge on any atom is 0.251 e. The van der Waals surface area contributed by atoms with Crippen LogP contribution < -0.4 is 9.62 Å². The van der Waals surface area contributed by atoms with Crippen molar-refractivity contribution in [3.05, 3.63) is 101 Å². The molecule has 0 spiro atoms. The van der Waals surface area contributed by atoms with E-state index in [1.54, 1.807) is 36.4 Å². The van der Waals surface area contributed by atoms with Crippen molar-refractivity contribution >= 4 is 21.6 Å². The van der Waals surface area contributed by atoms with E-state index >= 15 is 0 Å². The highest BCUT2D eigenvalue weighted by molar-refractivity contribution is 7.92. The first-order chi connectivity index (χ1) is 14.8. The van der Waals surface area contributed by atoms with Crippen LogP contribution >= 0.6 is 0 Å². The topological polar surface area (TPSA) is 66.5 Å². The molecule has 3 aromatic rings. The summed E-state index contributed by atoms with van der Waals surface area (Å²) < 4.78 is 39.1. The SMILES string of the molecule is CC[C@@H](NC(=O)c1ccc(N(Cc2ccc(F)cc2)S(C)(=O)=O)cc1)c1ccccc1. The van der Waals surface area contributed by atoms with Gasteiger partial charge in [0, 0.05) is 5.56 Å². The summed E-state index contributed by atoms with van der Waals surface area (Å²) in [6.07, 6.45) is 1.86. The lowest BCUT2D eigenvalue weighted by atomic mass is 10.0. The standard InChI is InChI=1S/C24H25FN2O3S/c1-3-23(19-7-5-4-6-8-19)26-24(28)20-11-15-22(16-12-20)27(31(2,29)30)17-18-9-13-21(25)14-10-18/h4-16,23H,3,17H2,1-2H3,(H,26,28)/t23-/m1/s1. The Morgan fingerprint density at radius 3 is 2.13 bits per heavy atom. The third-order valence-electron chi connectivity index (χ3n) is 4.97. The van der Waals surface area contributed by atoms with Crippen LogP contribution in [0.25, 0.3) is 0 Å². The molecule has 1 amide bonds. The molecule has 31 heavy (non-hydrogen) atoms. The summed E-state index contributed by atoms with van der Waals surface area (Å²) in [5.74, 6) is -0.613. The van der Waals surface area contributed by atoms with Crippen LogP contribution in [-0.2, 0) is 16.6 Å². The Bertz CT molecular complexity index is 1120. The number of carbonyl (C=O) groups is 1. The molecular formula is C24H25FN2O3S. The first-order valence-corrected chi connectivity index (χ1v) is 11.8. The molecule has 0 radical (unpaired) electrons. The van der Waals surface area contributed by atoms with E-state index in [1.165, 1.54) is 16.4 Å². The van der Waals surface area contributed by atoms with Gasteiger partial charge in [0.25, 0.3) is 5.91 Å². The zero-order valence-corrected chi connectivity index (χ0v) is 18.3. The fourth-order valence-electron chi connectivity index (χ4n) is 3.28. The molecule has 3 aromatic carbocycles. The number of halogens is 1. The molecule has 0 aliphatic rings. The third kappa shape index (κ3) is 5.92. The fourth-order valence-corrected chi connectivity index (χ4v) is 4.17. The molecule has 0 unspecified atom stereocenters. The van der Waals surface area contributed by atoms with Gasteiger partial charge in [-0.05, 0) is 53.9 Å². The number of nitrogens with one attached hydrogen (secondary N) is 1. The molecule has 3 rings (SSSR count). The molecular weight excluding hydrogens is 415 g/mol. The van der Waals surface area contributed by atoms with Crippen LogP contribution in [0, 0.1) is 5.82 Å². The van der Waals surface area contributed by atoms with Gasteiger partial charge in [0.05, 0.1) is 24.5 Å². The molecule has 0 bridgehead atoms. The Morgan fingerprint density at radius 2 is 1.58 bits per heavy atom. The maximum absolute atomic E-state index is 13.2. The largest absolute Gasteiger partial charge is 0.345 e. The van der Waals surface area contributed by atoms with Gasteiger partial charge in [0.2, 0.25) is 10.0 Å². The van der Waals surface area contributed by atoms with Gasteiger partial charge in [0.15, 0.2) is 0 Å². The van der Waals surface area contributed by atoms with Gasteiger partial charge in [-0.25, -0.2) is 12.8 Å². The molecule has 0 saturated heterocycles. The number of hydrogen-bond donors (Lipinski definition) is 1. The second-order valence-electron chi connectivity index (χ2n) is 7.29. The number of benzene rings is 3. The van der Waals surface area contributed by atoms with E-state index in [0.717, 1.165) is 18.2 Å². The summed E-state index contributed by atoms with van der Waals surface area (Å²) in [6.45, 7) is 2.07. The summed E-state index contributed by atoms with van der Waals surface area (Å²) in [6, 6.07) is 21.7. The van der Waals surface area contributed by atoms with Crippen molar-refractivity contribution < 1.29 is 17.6 Å². The van der Waals surface area contributed by atoms with Crippen molar-refractivity contribution in [3.63, 3.8) is 0 Å². The highest BCUT2D eigenvalue weighted by atomic mass is 32.2. The predicted molar refractivity (Wildman–Crippen MR) is 121 cm³/mol. The lowest BCUT2D eigenvalue weighted by molar-refractivity contribution is 0.0935. The minimum absolute atomic E-state index is 0.0660. The Labute approximate surface area is 182 Å².